The highest BCUT2D eigenvalue weighted by Gasteiger charge is 2.38. The number of carbonyl (C=O) groups excluding carboxylic acids is 2. The Labute approximate surface area is 179 Å². The van der Waals surface area contributed by atoms with Crippen molar-refractivity contribution >= 4 is 40.9 Å². The van der Waals surface area contributed by atoms with Gasteiger partial charge in [-0.1, -0.05) is 23.4 Å². The molecule has 31 heavy (non-hydrogen) atoms. The SMILES string of the molecule is CN(CC(=O)Nc1ccc(Cl)c(C(F)(F)F)c1)C(=O)CSc1nnc(C(F)(F)F)n1N. The summed E-state index contributed by atoms with van der Waals surface area (Å²) in [6.45, 7) is -0.535. The van der Waals surface area contributed by atoms with E-state index < -0.39 is 52.9 Å². The average Bonchev–Trinajstić information content (AvgIpc) is 3.01. The van der Waals surface area contributed by atoms with Gasteiger partial charge < -0.3 is 16.1 Å². The van der Waals surface area contributed by atoms with Gasteiger partial charge in [0.1, 0.15) is 0 Å². The predicted octanol–water partition coefficient (Wildman–Crippen LogP) is 2.87. The number of nitrogens with two attached hydrogens (primary N) is 1. The van der Waals surface area contributed by atoms with Crippen molar-refractivity contribution in [2.45, 2.75) is 17.5 Å². The smallest absolute Gasteiger partial charge is 0.336 e. The third kappa shape index (κ3) is 6.40. The van der Waals surface area contributed by atoms with Gasteiger partial charge in [-0.15, -0.1) is 10.2 Å². The number of halogens is 7. The number of amides is 2. The first-order chi connectivity index (χ1) is 14.2. The minimum Gasteiger partial charge on any atom is -0.336 e. The molecule has 170 valence electrons. The first-order valence-corrected chi connectivity index (χ1v) is 9.37. The highest BCUT2D eigenvalue weighted by Crippen LogP contribution is 2.36. The van der Waals surface area contributed by atoms with Crippen LogP contribution in [0.15, 0.2) is 23.4 Å². The first-order valence-electron chi connectivity index (χ1n) is 8.01. The number of nitrogens with zero attached hydrogens (tertiary/aromatic N) is 4. The van der Waals surface area contributed by atoms with E-state index in [1.807, 2.05) is 0 Å². The molecule has 1 aromatic heterocycles. The summed E-state index contributed by atoms with van der Waals surface area (Å²) in [6, 6.07) is 2.76. The number of rotatable bonds is 6. The Morgan fingerprint density at radius 3 is 2.39 bits per heavy atom. The second-order valence-electron chi connectivity index (χ2n) is 5.95. The van der Waals surface area contributed by atoms with E-state index in [-0.39, 0.29) is 15.5 Å². The van der Waals surface area contributed by atoms with Crippen LogP contribution < -0.4 is 11.2 Å². The summed E-state index contributed by atoms with van der Waals surface area (Å²) in [5, 5.41) is 7.42. The number of nitrogen functional groups attached to an aromatic ring is 1. The summed E-state index contributed by atoms with van der Waals surface area (Å²) in [6.07, 6.45) is -9.55. The monoisotopic (exact) mass is 490 g/mol. The predicted molar refractivity (Wildman–Crippen MR) is 98.6 cm³/mol. The van der Waals surface area contributed by atoms with Crippen LogP contribution >= 0.6 is 23.4 Å². The van der Waals surface area contributed by atoms with E-state index in [1.165, 1.54) is 7.05 Å². The van der Waals surface area contributed by atoms with Gasteiger partial charge in [0.05, 0.1) is 22.9 Å². The Hall–Kier alpha value is -2.68. The maximum absolute atomic E-state index is 12.9. The number of likely N-dealkylation sites (N-methyl/N-ethyl adjacent to an activating group) is 1. The summed E-state index contributed by atoms with van der Waals surface area (Å²) in [5.41, 5.74) is -1.33. The summed E-state index contributed by atoms with van der Waals surface area (Å²) in [4.78, 5) is 25.0. The van der Waals surface area contributed by atoms with Crippen LogP contribution in [0.5, 0.6) is 0 Å². The quantitative estimate of drug-likeness (QED) is 0.366. The number of benzene rings is 1. The Bertz CT molecular complexity index is 980. The third-order valence-corrected chi connectivity index (χ3v) is 4.86. The number of hydrogen-bond donors (Lipinski definition) is 2. The molecule has 2 rings (SSSR count). The Balaban J connectivity index is 1.93. The number of alkyl halides is 6. The minimum atomic E-state index is -4.83. The molecule has 0 bridgehead atoms. The molecule has 16 heteroatoms. The van der Waals surface area contributed by atoms with Crippen LogP contribution in [0.4, 0.5) is 32.0 Å². The minimum absolute atomic E-state index is 0.184. The van der Waals surface area contributed by atoms with Crippen LogP contribution in [-0.4, -0.2) is 50.9 Å². The fourth-order valence-corrected chi connectivity index (χ4v) is 3.15. The molecule has 0 aliphatic carbocycles. The summed E-state index contributed by atoms with van der Waals surface area (Å²) >= 11 is 6.06. The number of aromatic nitrogens is 3. The summed E-state index contributed by atoms with van der Waals surface area (Å²) < 4.78 is 76.7. The van der Waals surface area contributed by atoms with Crippen LogP contribution in [0.25, 0.3) is 0 Å². The molecule has 2 aromatic rings. The third-order valence-electron chi connectivity index (χ3n) is 3.60. The van der Waals surface area contributed by atoms with Gasteiger partial charge >= 0.3 is 12.4 Å². The molecule has 2 amide bonds. The van der Waals surface area contributed by atoms with Crippen molar-refractivity contribution < 1.29 is 35.9 Å². The molecular formula is C15H13ClF6N6O2S. The van der Waals surface area contributed by atoms with Gasteiger partial charge in [-0.05, 0) is 18.2 Å². The van der Waals surface area contributed by atoms with Crippen molar-refractivity contribution in [2.75, 3.05) is 30.5 Å². The van der Waals surface area contributed by atoms with E-state index in [1.54, 1.807) is 0 Å². The number of anilines is 1. The lowest BCUT2D eigenvalue weighted by Gasteiger charge is -2.17. The highest BCUT2D eigenvalue weighted by atomic mass is 35.5. The molecule has 0 aliphatic rings. The van der Waals surface area contributed by atoms with E-state index in [2.05, 4.69) is 15.5 Å². The molecule has 0 radical (unpaired) electrons. The van der Waals surface area contributed by atoms with E-state index in [4.69, 9.17) is 17.4 Å². The maximum atomic E-state index is 12.9. The summed E-state index contributed by atoms with van der Waals surface area (Å²) in [7, 11) is 1.22. The molecule has 3 N–H and O–H groups in total. The zero-order valence-electron chi connectivity index (χ0n) is 15.4. The van der Waals surface area contributed by atoms with Gasteiger partial charge in [-0.2, -0.15) is 26.3 Å². The fourth-order valence-electron chi connectivity index (χ4n) is 2.13. The Kier molecular flexibility index (Phi) is 7.31. The number of thioether (sulfide) groups is 1. The molecule has 0 saturated carbocycles. The lowest BCUT2D eigenvalue weighted by atomic mass is 10.2. The fraction of sp³-hybridized carbons (Fsp3) is 0.333. The highest BCUT2D eigenvalue weighted by molar-refractivity contribution is 7.99. The normalized spacial score (nSPS) is 12.0. The van der Waals surface area contributed by atoms with Gasteiger partial charge in [0, 0.05) is 12.7 Å². The maximum Gasteiger partial charge on any atom is 0.453 e. The Morgan fingerprint density at radius 2 is 1.84 bits per heavy atom. The molecule has 0 saturated heterocycles. The first kappa shape index (κ1) is 24.6. The van der Waals surface area contributed by atoms with Crippen molar-refractivity contribution in [3.05, 3.63) is 34.6 Å². The lowest BCUT2D eigenvalue weighted by molar-refractivity contribution is -0.146. The molecule has 0 spiro atoms. The van der Waals surface area contributed by atoms with Crippen LogP contribution in [-0.2, 0) is 21.9 Å². The van der Waals surface area contributed by atoms with E-state index >= 15 is 0 Å². The van der Waals surface area contributed by atoms with Crippen molar-refractivity contribution in [3.63, 3.8) is 0 Å². The van der Waals surface area contributed by atoms with Gasteiger partial charge in [0.2, 0.25) is 17.0 Å². The van der Waals surface area contributed by atoms with Gasteiger partial charge in [-0.25, -0.2) is 4.68 Å². The molecule has 0 aliphatic heterocycles. The molecule has 8 nitrogen and oxygen atoms in total. The molecular weight excluding hydrogens is 478 g/mol. The topological polar surface area (TPSA) is 106 Å². The molecule has 0 unspecified atom stereocenters. The van der Waals surface area contributed by atoms with Crippen LogP contribution in [0.3, 0.4) is 0 Å². The van der Waals surface area contributed by atoms with Crippen LogP contribution in [0, 0.1) is 0 Å². The number of nitrogens with one attached hydrogen (secondary N) is 1. The zero-order chi connectivity index (χ0) is 23.6. The average molecular weight is 491 g/mol. The van der Waals surface area contributed by atoms with Gasteiger partial charge in [0.25, 0.3) is 5.82 Å². The molecule has 0 fully saturated rings. The van der Waals surface area contributed by atoms with Crippen molar-refractivity contribution in [1.82, 2.24) is 19.8 Å². The zero-order valence-corrected chi connectivity index (χ0v) is 17.0. The number of carbonyl (C=O) groups is 2. The second-order valence-corrected chi connectivity index (χ2v) is 7.30. The van der Waals surface area contributed by atoms with Crippen molar-refractivity contribution in [2.24, 2.45) is 0 Å². The second kappa shape index (κ2) is 9.21. The van der Waals surface area contributed by atoms with E-state index in [9.17, 15) is 35.9 Å². The van der Waals surface area contributed by atoms with E-state index in [0.29, 0.717) is 17.8 Å². The van der Waals surface area contributed by atoms with E-state index in [0.717, 1.165) is 17.0 Å². The Morgan fingerprint density at radius 1 is 1.19 bits per heavy atom. The van der Waals surface area contributed by atoms with Gasteiger partial charge in [0.15, 0.2) is 0 Å². The standard InChI is InChI=1S/C15H13ClF6N6O2S/c1-27(11(30)6-31-13-26-25-12(28(13)23)15(20,21)22)5-10(29)24-7-2-3-9(16)8(4-7)14(17,18)19/h2-4H,5-6,23H2,1H3,(H,24,29). The lowest BCUT2D eigenvalue weighted by Crippen LogP contribution is -2.36. The van der Waals surface area contributed by atoms with Crippen LogP contribution in [0.2, 0.25) is 5.02 Å². The molecule has 0 atom stereocenters. The molecule has 1 heterocycles. The van der Waals surface area contributed by atoms with Crippen LogP contribution in [0.1, 0.15) is 11.4 Å². The van der Waals surface area contributed by atoms with Crippen molar-refractivity contribution in [1.29, 1.82) is 0 Å². The number of hydrogen-bond acceptors (Lipinski definition) is 6. The molecule has 1 aromatic carbocycles. The van der Waals surface area contributed by atoms with Crippen molar-refractivity contribution in [3.8, 4) is 0 Å². The van der Waals surface area contributed by atoms with Gasteiger partial charge in [-0.3, -0.25) is 9.59 Å². The summed E-state index contributed by atoms with van der Waals surface area (Å²) in [5.74, 6) is 1.89. The largest absolute Gasteiger partial charge is 0.453 e.